The molecule has 35 heavy (non-hydrogen) atoms. The van der Waals surface area contributed by atoms with Gasteiger partial charge in [0.2, 0.25) is 0 Å². The topological polar surface area (TPSA) is 53.5 Å². The van der Waals surface area contributed by atoms with E-state index in [-0.39, 0.29) is 28.4 Å². The number of nitrogens with zero attached hydrogens (tertiary/aromatic N) is 2. The third-order valence-electron chi connectivity index (χ3n) is 8.26. The van der Waals surface area contributed by atoms with Crippen LogP contribution in [0.2, 0.25) is 36.3 Å². The van der Waals surface area contributed by atoms with E-state index >= 15 is 0 Å². The van der Waals surface area contributed by atoms with Gasteiger partial charge in [0.15, 0.2) is 22.5 Å². The molecule has 194 valence electrons. The Balaban J connectivity index is 1.84. The van der Waals surface area contributed by atoms with Crippen molar-refractivity contribution in [2.75, 3.05) is 6.61 Å². The minimum absolute atomic E-state index is 0.00106. The molecular formula is C28H46N2O3Si2. The van der Waals surface area contributed by atoms with E-state index in [1.807, 2.05) is 36.5 Å². The van der Waals surface area contributed by atoms with Gasteiger partial charge in [-0.1, -0.05) is 71.9 Å². The molecule has 1 fully saturated rings. The molecule has 0 N–H and O–H groups in total. The summed E-state index contributed by atoms with van der Waals surface area (Å²) in [7, 11) is -3.88. The Morgan fingerprint density at radius 3 is 2.09 bits per heavy atom. The molecule has 3 atom stereocenters. The highest BCUT2D eigenvalue weighted by Crippen LogP contribution is 2.43. The third-order valence-corrected chi connectivity index (χ3v) is 17.3. The average Bonchev–Trinajstić information content (AvgIpc) is 3.13. The maximum absolute atomic E-state index is 6.92. The van der Waals surface area contributed by atoms with Crippen LogP contribution < -0.4 is 0 Å². The van der Waals surface area contributed by atoms with Crippen molar-refractivity contribution in [3.8, 4) is 11.4 Å². The summed E-state index contributed by atoms with van der Waals surface area (Å²) >= 11 is 0. The Labute approximate surface area is 215 Å². The minimum atomic E-state index is -1.98. The summed E-state index contributed by atoms with van der Waals surface area (Å²) in [4.78, 5) is 9.51. The van der Waals surface area contributed by atoms with Gasteiger partial charge in [-0.05, 0) is 43.2 Å². The van der Waals surface area contributed by atoms with Crippen molar-refractivity contribution >= 4 is 16.6 Å². The summed E-state index contributed by atoms with van der Waals surface area (Å²) in [6.07, 6.45) is 2.54. The van der Waals surface area contributed by atoms with E-state index in [0.717, 1.165) is 29.1 Å². The van der Waals surface area contributed by atoms with E-state index in [1.165, 1.54) is 0 Å². The molecule has 1 aromatic heterocycles. The van der Waals surface area contributed by atoms with Gasteiger partial charge in [-0.3, -0.25) is 0 Å². The first kappa shape index (κ1) is 28.2. The molecule has 1 aliphatic heterocycles. The Morgan fingerprint density at radius 2 is 1.54 bits per heavy atom. The number of hydrogen-bond acceptors (Lipinski definition) is 5. The maximum Gasteiger partial charge on any atom is 0.192 e. The van der Waals surface area contributed by atoms with Crippen molar-refractivity contribution in [2.24, 2.45) is 0 Å². The lowest BCUT2D eigenvalue weighted by Crippen LogP contribution is -2.48. The molecule has 7 heteroatoms. The van der Waals surface area contributed by atoms with Crippen molar-refractivity contribution < 1.29 is 13.6 Å². The molecule has 0 bridgehead atoms. The van der Waals surface area contributed by atoms with Gasteiger partial charge < -0.3 is 13.6 Å². The average molecular weight is 515 g/mol. The Morgan fingerprint density at radius 1 is 0.943 bits per heavy atom. The van der Waals surface area contributed by atoms with Crippen LogP contribution in [0.1, 0.15) is 65.3 Å². The smallest absolute Gasteiger partial charge is 0.192 e. The van der Waals surface area contributed by atoms with Crippen LogP contribution in [0.3, 0.4) is 0 Å². The number of aryl methyl sites for hydroxylation is 1. The highest BCUT2D eigenvalue weighted by Gasteiger charge is 2.46. The van der Waals surface area contributed by atoms with Crippen LogP contribution in [-0.2, 0) is 13.6 Å². The van der Waals surface area contributed by atoms with E-state index in [2.05, 4.69) is 79.6 Å². The van der Waals surface area contributed by atoms with Crippen LogP contribution in [0, 0.1) is 6.92 Å². The summed E-state index contributed by atoms with van der Waals surface area (Å²) in [5, 5.41) is 0.283. The molecule has 1 saturated heterocycles. The molecule has 0 amide bonds. The lowest BCUT2D eigenvalue weighted by Gasteiger charge is -2.40. The zero-order valence-corrected chi connectivity index (χ0v) is 25.7. The van der Waals surface area contributed by atoms with Gasteiger partial charge in [0.1, 0.15) is 6.10 Å². The predicted octanol–water partition coefficient (Wildman–Crippen LogP) is 7.69. The summed E-state index contributed by atoms with van der Waals surface area (Å²) in [5.41, 5.74) is 3.03. The molecule has 0 unspecified atom stereocenters. The summed E-state index contributed by atoms with van der Waals surface area (Å²) in [6.45, 7) is 25.5. The Hall–Kier alpha value is -1.39. The van der Waals surface area contributed by atoms with E-state index in [4.69, 9.17) is 18.6 Å². The number of aromatic nitrogens is 2. The van der Waals surface area contributed by atoms with Crippen molar-refractivity contribution in [1.29, 1.82) is 0 Å². The Bertz CT molecular complexity index is 997. The van der Waals surface area contributed by atoms with Gasteiger partial charge in [-0.2, -0.15) is 0 Å². The molecule has 2 aromatic rings. The summed E-state index contributed by atoms with van der Waals surface area (Å²) in [6, 6.07) is 10.1. The first-order valence-electron chi connectivity index (χ1n) is 12.9. The monoisotopic (exact) mass is 514 g/mol. The highest BCUT2D eigenvalue weighted by molar-refractivity contribution is 6.74. The van der Waals surface area contributed by atoms with Gasteiger partial charge >= 0.3 is 0 Å². The van der Waals surface area contributed by atoms with Crippen molar-refractivity contribution in [1.82, 2.24) is 9.97 Å². The minimum Gasteiger partial charge on any atom is -0.414 e. The lowest BCUT2D eigenvalue weighted by atomic mass is 10.0. The number of hydrogen-bond donors (Lipinski definition) is 0. The number of ether oxygens (including phenoxy) is 1. The molecule has 1 aromatic carbocycles. The molecule has 0 saturated carbocycles. The van der Waals surface area contributed by atoms with E-state index in [0.29, 0.717) is 6.61 Å². The lowest BCUT2D eigenvalue weighted by molar-refractivity contribution is -0.0168. The van der Waals surface area contributed by atoms with Gasteiger partial charge in [-0.15, -0.1) is 0 Å². The number of benzene rings is 1. The second kappa shape index (κ2) is 10.2. The third kappa shape index (κ3) is 6.49. The van der Waals surface area contributed by atoms with Crippen LogP contribution in [0.4, 0.5) is 0 Å². The molecule has 0 radical (unpaired) electrons. The van der Waals surface area contributed by atoms with E-state index < -0.39 is 16.6 Å². The van der Waals surface area contributed by atoms with Crippen LogP contribution in [0.15, 0.2) is 36.5 Å². The SMILES string of the molecule is Cc1nc(-c2ccccc2)ncc1[C@H]1C[C@H](O[Si](C)(C)C(C)(C)C)[C@@H](CO[Si](C)(C)C(C)(C)C)O1. The fraction of sp³-hybridized carbons (Fsp3) is 0.643. The van der Waals surface area contributed by atoms with Crippen LogP contribution in [0.25, 0.3) is 11.4 Å². The quantitative estimate of drug-likeness (QED) is 0.354. The fourth-order valence-corrected chi connectivity index (χ4v) is 6.14. The van der Waals surface area contributed by atoms with E-state index in [1.54, 1.807) is 0 Å². The van der Waals surface area contributed by atoms with Crippen molar-refractivity contribution in [2.45, 2.75) is 109 Å². The highest BCUT2D eigenvalue weighted by atomic mass is 28.4. The van der Waals surface area contributed by atoms with Gasteiger partial charge in [0, 0.05) is 29.4 Å². The second-order valence-corrected chi connectivity index (χ2v) is 22.6. The molecular weight excluding hydrogens is 468 g/mol. The van der Waals surface area contributed by atoms with Gasteiger partial charge in [-0.25, -0.2) is 9.97 Å². The molecule has 0 aliphatic carbocycles. The Kier molecular flexibility index (Phi) is 8.19. The molecule has 5 nitrogen and oxygen atoms in total. The summed E-state index contributed by atoms with van der Waals surface area (Å²) in [5.74, 6) is 0.747. The van der Waals surface area contributed by atoms with Crippen molar-refractivity contribution in [3.63, 3.8) is 0 Å². The zero-order valence-electron chi connectivity index (χ0n) is 23.7. The predicted molar refractivity (Wildman–Crippen MR) is 150 cm³/mol. The molecule has 1 aliphatic rings. The largest absolute Gasteiger partial charge is 0.414 e. The first-order chi connectivity index (χ1) is 16.0. The summed E-state index contributed by atoms with van der Waals surface area (Å²) < 4.78 is 20.2. The number of rotatable bonds is 7. The molecule has 2 heterocycles. The standard InChI is InChI=1S/C28H46N2O3Si2/c1-20-22(18-29-26(30-20)21-15-13-12-14-16-21)23-17-24(33-35(10,11)28(5,6)7)25(32-23)19-31-34(8,9)27(2,3)4/h12-16,18,23-25H,17,19H2,1-11H3/t23-,24+,25-/m1/s1. The van der Waals surface area contributed by atoms with Crippen LogP contribution in [0.5, 0.6) is 0 Å². The second-order valence-electron chi connectivity index (χ2n) is 13.0. The van der Waals surface area contributed by atoms with Crippen LogP contribution >= 0.6 is 0 Å². The molecule has 0 spiro atoms. The van der Waals surface area contributed by atoms with Crippen LogP contribution in [-0.4, -0.2) is 45.4 Å². The maximum atomic E-state index is 6.92. The zero-order chi connectivity index (χ0) is 26.2. The van der Waals surface area contributed by atoms with Gasteiger partial charge in [0.25, 0.3) is 0 Å². The molecule has 3 rings (SSSR count). The first-order valence-corrected chi connectivity index (χ1v) is 18.7. The van der Waals surface area contributed by atoms with Crippen molar-refractivity contribution in [3.05, 3.63) is 47.8 Å². The normalized spacial score (nSPS) is 22.0. The van der Waals surface area contributed by atoms with E-state index in [9.17, 15) is 0 Å². The fourth-order valence-electron chi connectivity index (χ4n) is 3.77. The van der Waals surface area contributed by atoms with Gasteiger partial charge in [0.05, 0.1) is 18.8 Å².